The molecule has 0 unspecified atom stereocenters. The van der Waals surface area contributed by atoms with E-state index in [-0.39, 0.29) is 4.90 Å². The summed E-state index contributed by atoms with van der Waals surface area (Å²) in [6, 6.07) is 4.62. The Hall–Kier alpha value is -1.95. The lowest BCUT2D eigenvalue weighted by atomic mass is 10.0. The number of benzene rings is 1. The standard InChI is InChI=1S/C11H9NO4S/c1-7(4-11(13)14)8-2-3-10-9(5-8)6-12-17(10,15)16/h2-6H,1H3,(H,13,14)/b7-4+. The van der Waals surface area contributed by atoms with Gasteiger partial charge in [0.1, 0.15) is 0 Å². The molecule has 5 nitrogen and oxygen atoms in total. The van der Waals surface area contributed by atoms with Crippen molar-refractivity contribution < 1.29 is 18.3 Å². The van der Waals surface area contributed by atoms with Gasteiger partial charge in [0, 0.05) is 17.9 Å². The molecule has 1 aliphatic heterocycles. The lowest BCUT2D eigenvalue weighted by molar-refractivity contribution is -0.131. The number of nitrogens with zero attached hydrogens (tertiary/aromatic N) is 1. The highest BCUT2D eigenvalue weighted by Crippen LogP contribution is 2.26. The van der Waals surface area contributed by atoms with Crippen LogP contribution in [0.4, 0.5) is 0 Å². The molecule has 0 bridgehead atoms. The van der Waals surface area contributed by atoms with Crippen LogP contribution in [0.15, 0.2) is 33.6 Å². The predicted octanol–water partition coefficient (Wildman–Crippen LogP) is 1.30. The fourth-order valence-corrected chi connectivity index (χ4v) is 2.60. The van der Waals surface area contributed by atoms with Crippen LogP contribution in [0.2, 0.25) is 0 Å². The fraction of sp³-hybridized carbons (Fsp3) is 0.0909. The zero-order valence-corrected chi connectivity index (χ0v) is 9.73. The van der Waals surface area contributed by atoms with Crippen LogP contribution >= 0.6 is 0 Å². The Kier molecular flexibility index (Phi) is 2.59. The Balaban J connectivity index is 2.51. The van der Waals surface area contributed by atoms with Gasteiger partial charge in [0.15, 0.2) is 0 Å². The first kappa shape index (κ1) is 11.5. The molecular formula is C11H9NO4S. The molecule has 88 valence electrons. The van der Waals surface area contributed by atoms with Crippen molar-refractivity contribution in [3.8, 4) is 0 Å². The van der Waals surface area contributed by atoms with E-state index in [1.807, 2.05) is 0 Å². The van der Waals surface area contributed by atoms with E-state index in [0.717, 1.165) is 6.08 Å². The minimum absolute atomic E-state index is 0.157. The van der Waals surface area contributed by atoms with Crippen molar-refractivity contribution in [3.05, 3.63) is 35.4 Å². The van der Waals surface area contributed by atoms with Crippen molar-refractivity contribution in [2.45, 2.75) is 11.8 Å². The zero-order valence-electron chi connectivity index (χ0n) is 8.91. The monoisotopic (exact) mass is 251 g/mol. The average molecular weight is 251 g/mol. The second-order valence-corrected chi connectivity index (χ2v) is 5.23. The SMILES string of the molecule is C/C(=C\C(=O)O)c1ccc2c(c1)C=NS2(=O)=O. The van der Waals surface area contributed by atoms with Gasteiger partial charge in [-0.15, -0.1) is 0 Å². The Morgan fingerprint density at radius 2 is 2.12 bits per heavy atom. The molecule has 0 amide bonds. The number of allylic oxidation sites excluding steroid dienone is 1. The summed E-state index contributed by atoms with van der Waals surface area (Å²) >= 11 is 0. The van der Waals surface area contributed by atoms with Crippen molar-refractivity contribution in [1.82, 2.24) is 0 Å². The number of rotatable bonds is 2. The molecule has 6 heteroatoms. The van der Waals surface area contributed by atoms with Crippen LogP contribution in [0.3, 0.4) is 0 Å². The van der Waals surface area contributed by atoms with E-state index in [2.05, 4.69) is 4.40 Å². The first-order valence-corrected chi connectivity index (χ1v) is 6.20. The maximum Gasteiger partial charge on any atom is 0.328 e. The molecule has 1 aromatic carbocycles. The first-order chi connectivity index (χ1) is 7.90. The van der Waals surface area contributed by atoms with E-state index in [4.69, 9.17) is 5.11 Å². The van der Waals surface area contributed by atoms with E-state index in [9.17, 15) is 13.2 Å². The summed E-state index contributed by atoms with van der Waals surface area (Å²) in [4.78, 5) is 10.7. The number of carboxylic acids is 1. The highest BCUT2D eigenvalue weighted by molar-refractivity contribution is 7.90. The predicted molar refractivity (Wildman–Crippen MR) is 62.5 cm³/mol. The molecule has 0 atom stereocenters. The van der Waals surface area contributed by atoms with E-state index in [0.29, 0.717) is 16.7 Å². The molecular weight excluding hydrogens is 242 g/mol. The van der Waals surface area contributed by atoms with Gasteiger partial charge in [-0.3, -0.25) is 0 Å². The van der Waals surface area contributed by atoms with Crippen LogP contribution in [0, 0.1) is 0 Å². The quantitative estimate of drug-likeness (QED) is 0.803. The second kappa shape index (κ2) is 3.81. The Labute approximate surface area is 98.2 Å². The number of aliphatic carboxylic acids is 1. The number of hydrogen-bond acceptors (Lipinski definition) is 3. The average Bonchev–Trinajstić information content (AvgIpc) is 2.53. The molecule has 0 saturated heterocycles. The van der Waals surface area contributed by atoms with Gasteiger partial charge in [-0.05, 0) is 30.2 Å². The molecule has 0 saturated carbocycles. The Morgan fingerprint density at radius 3 is 2.76 bits per heavy atom. The minimum Gasteiger partial charge on any atom is -0.478 e. The van der Waals surface area contributed by atoms with Gasteiger partial charge in [0.25, 0.3) is 10.0 Å². The Bertz CT molecular complexity index is 656. The number of fused-ring (bicyclic) bond motifs is 1. The summed E-state index contributed by atoms with van der Waals surface area (Å²) < 4.78 is 26.2. The van der Waals surface area contributed by atoms with E-state index >= 15 is 0 Å². The van der Waals surface area contributed by atoms with Crippen LogP contribution in [0.1, 0.15) is 18.1 Å². The smallest absolute Gasteiger partial charge is 0.328 e. The van der Waals surface area contributed by atoms with Crippen molar-refractivity contribution in [3.63, 3.8) is 0 Å². The molecule has 1 aliphatic rings. The maximum absolute atomic E-state index is 11.4. The topological polar surface area (TPSA) is 83.8 Å². The van der Waals surface area contributed by atoms with Crippen molar-refractivity contribution in [1.29, 1.82) is 0 Å². The third-order valence-electron chi connectivity index (χ3n) is 2.41. The van der Waals surface area contributed by atoms with Crippen molar-refractivity contribution >= 4 is 27.8 Å². The molecule has 0 aromatic heterocycles. The van der Waals surface area contributed by atoms with E-state index < -0.39 is 16.0 Å². The summed E-state index contributed by atoms with van der Waals surface area (Å²) in [6.45, 7) is 1.65. The van der Waals surface area contributed by atoms with Crippen molar-refractivity contribution in [2.75, 3.05) is 0 Å². The normalized spacial score (nSPS) is 16.9. The second-order valence-electron chi connectivity index (χ2n) is 3.63. The molecule has 2 rings (SSSR count). The summed E-state index contributed by atoms with van der Waals surface area (Å²) in [7, 11) is -3.54. The molecule has 0 aliphatic carbocycles. The summed E-state index contributed by atoms with van der Waals surface area (Å²) in [5.74, 6) is -1.04. The number of sulfonamides is 1. The summed E-state index contributed by atoms with van der Waals surface area (Å²) in [5, 5.41) is 8.62. The van der Waals surface area contributed by atoms with Crippen LogP contribution < -0.4 is 0 Å². The van der Waals surface area contributed by atoms with Crippen LogP contribution in [0.5, 0.6) is 0 Å². The van der Waals surface area contributed by atoms with Crippen LogP contribution in [-0.2, 0) is 14.8 Å². The first-order valence-electron chi connectivity index (χ1n) is 4.76. The third-order valence-corrected chi connectivity index (χ3v) is 3.72. The largest absolute Gasteiger partial charge is 0.478 e. The summed E-state index contributed by atoms with van der Waals surface area (Å²) in [6.07, 6.45) is 2.34. The molecule has 1 heterocycles. The van der Waals surface area contributed by atoms with Gasteiger partial charge in [0.2, 0.25) is 0 Å². The van der Waals surface area contributed by atoms with Gasteiger partial charge in [-0.2, -0.15) is 12.8 Å². The molecule has 1 N–H and O–H groups in total. The minimum atomic E-state index is -3.54. The van der Waals surface area contributed by atoms with Gasteiger partial charge >= 0.3 is 5.97 Å². The van der Waals surface area contributed by atoms with Gasteiger partial charge in [-0.1, -0.05) is 6.07 Å². The molecule has 0 radical (unpaired) electrons. The van der Waals surface area contributed by atoms with Crippen LogP contribution in [0.25, 0.3) is 5.57 Å². The highest BCUT2D eigenvalue weighted by Gasteiger charge is 2.22. The van der Waals surface area contributed by atoms with Crippen molar-refractivity contribution in [2.24, 2.45) is 4.40 Å². The van der Waals surface area contributed by atoms with E-state index in [1.54, 1.807) is 19.1 Å². The number of hydrogen-bond donors (Lipinski definition) is 1. The maximum atomic E-state index is 11.4. The third kappa shape index (κ3) is 2.12. The lowest BCUT2D eigenvalue weighted by Gasteiger charge is -2.03. The van der Waals surface area contributed by atoms with Gasteiger partial charge < -0.3 is 5.11 Å². The molecule has 0 fully saturated rings. The molecule has 1 aromatic rings. The summed E-state index contributed by atoms with van der Waals surface area (Å²) in [5.41, 5.74) is 1.70. The number of carboxylic acid groups (broad SMARTS) is 1. The van der Waals surface area contributed by atoms with Crippen LogP contribution in [-0.4, -0.2) is 25.7 Å². The zero-order chi connectivity index (χ0) is 12.6. The molecule has 17 heavy (non-hydrogen) atoms. The van der Waals surface area contributed by atoms with Gasteiger partial charge in [-0.25, -0.2) is 4.79 Å². The lowest BCUT2D eigenvalue weighted by Crippen LogP contribution is -1.95. The Morgan fingerprint density at radius 1 is 1.41 bits per heavy atom. The highest BCUT2D eigenvalue weighted by atomic mass is 32.2. The molecule has 0 spiro atoms. The van der Waals surface area contributed by atoms with E-state index in [1.165, 1.54) is 12.3 Å². The number of carbonyl (C=O) groups is 1. The fourth-order valence-electron chi connectivity index (χ4n) is 1.58. The van der Waals surface area contributed by atoms with Gasteiger partial charge in [0.05, 0.1) is 4.90 Å².